The number of carbonyl (C=O) groups excluding carboxylic acids is 2. The van der Waals surface area contributed by atoms with Gasteiger partial charge in [-0.15, -0.1) is 0 Å². The molecule has 2 amide bonds. The average Bonchev–Trinajstić information content (AvgIpc) is 2.44. The third kappa shape index (κ3) is 4.37. The molecular formula is C14H21N3O2. The molecule has 0 aromatic heterocycles. The van der Waals surface area contributed by atoms with Gasteiger partial charge in [0, 0.05) is 19.2 Å². The van der Waals surface area contributed by atoms with Crippen LogP contribution >= 0.6 is 0 Å². The molecule has 1 aromatic rings. The number of amides is 2. The van der Waals surface area contributed by atoms with Crippen LogP contribution in [0.3, 0.4) is 0 Å². The zero-order valence-corrected chi connectivity index (χ0v) is 11.5. The van der Waals surface area contributed by atoms with Gasteiger partial charge < -0.3 is 16.0 Å². The number of rotatable bonds is 6. The molecule has 0 spiro atoms. The molecule has 5 heteroatoms. The highest BCUT2D eigenvalue weighted by Crippen LogP contribution is 2.09. The molecule has 1 rings (SSSR count). The van der Waals surface area contributed by atoms with Gasteiger partial charge in [0.15, 0.2) is 0 Å². The Labute approximate surface area is 113 Å². The fourth-order valence-corrected chi connectivity index (χ4v) is 1.79. The summed E-state index contributed by atoms with van der Waals surface area (Å²) in [5, 5.41) is 2.52. The van der Waals surface area contributed by atoms with Crippen molar-refractivity contribution in [3.05, 3.63) is 35.4 Å². The Hall–Kier alpha value is -1.88. The molecule has 0 bridgehead atoms. The van der Waals surface area contributed by atoms with Gasteiger partial charge in [0.05, 0.1) is 6.54 Å². The quantitative estimate of drug-likeness (QED) is 0.780. The molecule has 0 atom stereocenters. The van der Waals surface area contributed by atoms with E-state index < -0.39 is 0 Å². The van der Waals surface area contributed by atoms with Crippen LogP contribution in [0.25, 0.3) is 0 Å². The number of hydrogen-bond acceptors (Lipinski definition) is 3. The van der Waals surface area contributed by atoms with E-state index in [1.165, 1.54) is 4.90 Å². The summed E-state index contributed by atoms with van der Waals surface area (Å²) in [5.74, 6) is -0.307. The van der Waals surface area contributed by atoms with Gasteiger partial charge in [-0.05, 0) is 37.6 Å². The van der Waals surface area contributed by atoms with Gasteiger partial charge in [-0.3, -0.25) is 9.59 Å². The molecule has 0 aliphatic rings. The molecule has 0 unspecified atom stereocenters. The summed E-state index contributed by atoms with van der Waals surface area (Å²) in [5.41, 5.74) is 7.13. The molecule has 0 heterocycles. The Bertz CT molecular complexity index is 446. The highest BCUT2D eigenvalue weighted by atomic mass is 16.2. The van der Waals surface area contributed by atoms with Crippen LogP contribution in [0.15, 0.2) is 24.3 Å². The van der Waals surface area contributed by atoms with E-state index in [9.17, 15) is 9.59 Å². The number of nitrogens with two attached hydrogens (primary N) is 1. The lowest BCUT2D eigenvalue weighted by atomic mass is 10.1. The first-order valence-corrected chi connectivity index (χ1v) is 6.41. The number of nitrogens with zero attached hydrogens (tertiary/aromatic N) is 1. The van der Waals surface area contributed by atoms with Crippen LogP contribution in [0, 0.1) is 0 Å². The van der Waals surface area contributed by atoms with Crippen molar-refractivity contribution < 1.29 is 9.59 Å². The summed E-state index contributed by atoms with van der Waals surface area (Å²) in [7, 11) is 1.56. The van der Waals surface area contributed by atoms with Gasteiger partial charge >= 0.3 is 0 Å². The third-order valence-corrected chi connectivity index (χ3v) is 2.89. The minimum absolute atomic E-state index is 0.0763. The number of hydrogen-bond donors (Lipinski definition) is 2. The van der Waals surface area contributed by atoms with Crippen molar-refractivity contribution in [1.82, 2.24) is 10.2 Å². The SMILES string of the molecule is CCN(CC(=O)NC)C(=O)c1cccc(CCN)c1. The maximum atomic E-state index is 12.3. The minimum Gasteiger partial charge on any atom is -0.358 e. The van der Waals surface area contributed by atoms with Gasteiger partial charge in [-0.25, -0.2) is 0 Å². The van der Waals surface area contributed by atoms with E-state index in [0.717, 1.165) is 12.0 Å². The summed E-state index contributed by atoms with van der Waals surface area (Å²) in [6.45, 7) is 2.97. The Morgan fingerprint density at radius 2 is 2.11 bits per heavy atom. The number of nitrogens with one attached hydrogen (secondary N) is 1. The molecular weight excluding hydrogens is 242 g/mol. The van der Waals surface area contributed by atoms with E-state index in [1.807, 2.05) is 25.1 Å². The molecule has 0 saturated carbocycles. The highest BCUT2D eigenvalue weighted by molar-refractivity contribution is 5.96. The lowest BCUT2D eigenvalue weighted by Gasteiger charge is -2.20. The Kier molecular flexibility index (Phi) is 6.02. The van der Waals surface area contributed by atoms with E-state index in [1.54, 1.807) is 13.1 Å². The van der Waals surface area contributed by atoms with E-state index in [4.69, 9.17) is 5.73 Å². The van der Waals surface area contributed by atoms with E-state index in [-0.39, 0.29) is 18.4 Å². The predicted molar refractivity (Wildman–Crippen MR) is 74.8 cm³/mol. The molecule has 5 nitrogen and oxygen atoms in total. The number of likely N-dealkylation sites (N-methyl/N-ethyl adjacent to an activating group) is 2. The molecule has 0 aliphatic heterocycles. The summed E-state index contributed by atoms with van der Waals surface area (Å²) < 4.78 is 0. The van der Waals surface area contributed by atoms with Gasteiger partial charge in [0.2, 0.25) is 5.91 Å². The van der Waals surface area contributed by atoms with Crippen molar-refractivity contribution in [2.24, 2.45) is 5.73 Å². The highest BCUT2D eigenvalue weighted by Gasteiger charge is 2.16. The fraction of sp³-hybridized carbons (Fsp3) is 0.429. The Balaban J connectivity index is 2.84. The van der Waals surface area contributed by atoms with Crippen molar-refractivity contribution in [2.75, 3.05) is 26.7 Å². The van der Waals surface area contributed by atoms with Crippen molar-refractivity contribution in [2.45, 2.75) is 13.3 Å². The van der Waals surface area contributed by atoms with Crippen LogP contribution in [0.1, 0.15) is 22.8 Å². The molecule has 104 valence electrons. The van der Waals surface area contributed by atoms with Gasteiger partial charge in [0.1, 0.15) is 0 Å². The standard InChI is InChI=1S/C14H21N3O2/c1-3-17(10-13(18)16-2)14(19)12-6-4-5-11(9-12)7-8-15/h4-6,9H,3,7-8,10,15H2,1-2H3,(H,16,18). The van der Waals surface area contributed by atoms with Gasteiger partial charge in [-0.2, -0.15) is 0 Å². The van der Waals surface area contributed by atoms with E-state index in [2.05, 4.69) is 5.32 Å². The number of benzene rings is 1. The van der Waals surface area contributed by atoms with Crippen LogP contribution in [-0.4, -0.2) is 43.4 Å². The summed E-state index contributed by atoms with van der Waals surface area (Å²) >= 11 is 0. The predicted octanol–water partition coefficient (Wildman–Crippen LogP) is 0.396. The van der Waals surface area contributed by atoms with Crippen LogP contribution in [0.4, 0.5) is 0 Å². The second-order valence-corrected chi connectivity index (χ2v) is 4.23. The molecule has 0 aliphatic carbocycles. The molecule has 0 saturated heterocycles. The lowest BCUT2D eigenvalue weighted by Crippen LogP contribution is -2.39. The minimum atomic E-state index is -0.173. The molecule has 0 radical (unpaired) electrons. The maximum absolute atomic E-state index is 12.3. The first kappa shape index (κ1) is 15.2. The normalized spacial score (nSPS) is 10.1. The van der Waals surface area contributed by atoms with Crippen LogP contribution in [0.2, 0.25) is 0 Å². The smallest absolute Gasteiger partial charge is 0.254 e. The summed E-state index contributed by atoms with van der Waals surface area (Å²) in [6.07, 6.45) is 0.739. The largest absolute Gasteiger partial charge is 0.358 e. The van der Waals surface area contributed by atoms with Crippen molar-refractivity contribution >= 4 is 11.8 Å². The molecule has 19 heavy (non-hydrogen) atoms. The number of carbonyl (C=O) groups is 2. The van der Waals surface area contributed by atoms with Crippen LogP contribution in [-0.2, 0) is 11.2 Å². The van der Waals surface area contributed by atoms with Crippen LogP contribution in [0.5, 0.6) is 0 Å². The zero-order chi connectivity index (χ0) is 14.3. The Morgan fingerprint density at radius 1 is 1.37 bits per heavy atom. The molecule has 3 N–H and O–H groups in total. The Morgan fingerprint density at radius 3 is 2.68 bits per heavy atom. The second kappa shape index (κ2) is 7.53. The topological polar surface area (TPSA) is 75.4 Å². The monoisotopic (exact) mass is 263 g/mol. The maximum Gasteiger partial charge on any atom is 0.254 e. The molecule has 0 fully saturated rings. The lowest BCUT2D eigenvalue weighted by molar-refractivity contribution is -0.121. The van der Waals surface area contributed by atoms with Crippen molar-refractivity contribution in [1.29, 1.82) is 0 Å². The van der Waals surface area contributed by atoms with Crippen molar-refractivity contribution in [3.63, 3.8) is 0 Å². The first-order valence-electron chi connectivity index (χ1n) is 6.41. The fourth-order valence-electron chi connectivity index (χ4n) is 1.79. The third-order valence-electron chi connectivity index (χ3n) is 2.89. The first-order chi connectivity index (χ1) is 9.12. The van der Waals surface area contributed by atoms with E-state index in [0.29, 0.717) is 18.7 Å². The summed E-state index contributed by atoms with van der Waals surface area (Å²) in [4.78, 5) is 25.2. The van der Waals surface area contributed by atoms with Crippen LogP contribution < -0.4 is 11.1 Å². The summed E-state index contributed by atoms with van der Waals surface area (Å²) in [6, 6.07) is 7.38. The van der Waals surface area contributed by atoms with Gasteiger partial charge in [0.25, 0.3) is 5.91 Å². The van der Waals surface area contributed by atoms with E-state index >= 15 is 0 Å². The average molecular weight is 263 g/mol. The van der Waals surface area contributed by atoms with Crippen molar-refractivity contribution in [3.8, 4) is 0 Å². The second-order valence-electron chi connectivity index (χ2n) is 4.23. The molecule has 1 aromatic carbocycles. The van der Waals surface area contributed by atoms with Gasteiger partial charge in [-0.1, -0.05) is 12.1 Å². The zero-order valence-electron chi connectivity index (χ0n) is 11.5.